The van der Waals surface area contributed by atoms with E-state index in [1.165, 1.54) is 22.3 Å². The average molecular weight is 486 g/mol. The number of fused-ring (bicyclic) bond motifs is 2. The predicted octanol–water partition coefficient (Wildman–Crippen LogP) is 5.04. The minimum absolute atomic E-state index is 0.0142. The van der Waals surface area contributed by atoms with Gasteiger partial charge in [-0.1, -0.05) is 37.3 Å². The Morgan fingerprint density at radius 1 is 1.03 bits per heavy atom. The number of imidazole rings is 1. The number of carbonyl (C=O) groups excluding carboxylic acids is 1. The maximum Gasteiger partial charge on any atom is 0.410 e. The van der Waals surface area contributed by atoms with Crippen LogP contribution in [0, 0.1) is 0 Å². The topological polar surface area (TPSA) is 63.5 Å². The first-order chi connectivity index (χ1) is 17.3. The molecule has 0 saturated carbocycles. The number of piperazine rings is 1. The molecule has 188 valence electrons. The van der Waals surface area contributed by atoms with Crippen LogP contribution in [0.3, 0.4) is 0 Å². The Balaban J connectivity index is 1.48. The van der Waals surface area contributed by atoms with Crippen molar-refractivity contribution < 1.29 is 9.53 Å². The van der Waals surface area contributed by atoms with E-state index in [0.717, 1.165) is 37.6 Å². The van der Waals surface area contributed by atoms with Crippen LogP contribution in [0.4, 0.5) is 4.79 Å². The first-order valence-corrected chi connectivity index (χ1v) is 12.8. The Morgan fingerprint density at radius 3 is 2.56 bits per heavy atom. The van der Waals surface area contributed by atoms with Crippen LogP contribution in [-0.2, 0) is 17.7 Å². The lowest BCUT2D eigenvalue weighted by molar-refractivity contribution is 0.0118. The van der Waals surface area contributed by atoms with Crippen molar-refractivity contribution in [2.24, 2.45) is 0 Å². The molecule has 1 aromatic carbocycles. The van der Waals surface area contributed by atoms with Crippen molar-refractivity contribution in [2.75, 3.05) is 26.2 Å². The van der Waals surface area contributed by atoms with Gasteiger partial charge in [0, 0.05) is 63.3 Å². The molecule has 2 aromatic heterocycles. The van der Waals surface area contributed by atoms with Crippen LogP contribution < -0.4 is 0 Å². The van der Waals surface area contributed by atoms with Crippen molar-refractivity contribution in [3.63, 3.8) is 0 Å². The fraction of sp³-hybridized carbons (Fsp3) is 0.414. The normalized spacial score (nSPS) is 18.2. The van der Waals surface area contributed by atoms with Gasteiger partial charge < -0.3 is 14.2 Å². The van der Waals surface area contributed by atoms with E-state index in [0.29, 0.717) is 13.1 Å². The SMILES string of the molecule is CCc1nccn1CC1=Cc2ccccc2C(N2CCN(C(=O)OC(C)(C)C)CC2)c2ncccc21. The molecule has 0 radical (unpaired) electrons. The van der Waals surface area contributed by atoms with Gasteiger partial charge in [-0.2, -0.15) is 0 Å². The number of hydrogen-bond acceptors (Lipinski definition) is 5. The van der Waals surface area contributed by atoms with Gasteiger partial charge in [0.15, 0.2) is 0 Å². The number of carbonyl (C=O) groups is 1. The Morgan fingerprint density at radius 2 is 1.81 bits per heavy atom. The number of rotatable bonds is 4. The molecule has 7 nitrogen and oxygen atoms in total. The Labute approximate surface area is 213 Å². The summed E-state index contributed by atoms with van der Waals surface area (Å²) in [5.41, 5.74) is 5.43. The molecule has 1 saturated heterocycles. The lowest BCUT2D eigenvalue weighted by atomic mass is 9.95. The fourth-order valence-electron chi connectivity index (χ4n) is 5.18. The molecule has 2 aliphatic rings. The third kappa shape index (κ3) is 4.93. The van der Waals surface area contributed by atoms with E-state index in [1.54, 1.807) is 0 Å². The summed E-state index contributed by atoms with van der Waals surface area (Å²) in [5, 5.41) is 0. The lowest BCUT2D eigenvalue weighted by Gasteiger charge is -2.40. The van der Waals surface area contributed by atoms with E-state index in [4.69, 9.17) is 9.72 Å². The van der Waals surface area contributed by atoms with Gasteiger partial charge in [0.1, 0.15) is 11.4 Å². The Kier molecular flexibility index (Phi) is 6.67. The van der Waals surface area contributed by atoms with E-state index < -0.39 is 5.60 Å². The van der Waals surface area contributed by atoms with E-state index in [9.17, 15) is 4.79 Å². The number of aryl methyl sites for hydroxylation is 1. The molecule has 1 amide bonds. The number of benzene rings is 1. The highest BCUT2D eigenvalue weighted by Crippen LogP contribution is 2.39. The molecule has 0 spiro atoms. The summed E-state index contributed by atoms with van der Waals surface area (Å²) < 4.78 is 7.84. The van der Waals surface area contributed by atoms with Crippen LogP contribution in [0.15, 0.2) is 55.0 Å². The summed E-state index contributed by atoms with van der Waals surface area (Å²) >= 11 is 0. The van der Waals surface area contributed by atoms with Gasteiger partial charge in [-0.3, -0.25) is 9.88 Å². The molecule has 3 aromatic rings. The summed E-state index contributed by atoms with van der Waals surface area (Å²) in [6.07, 6.45) is 8.79. The van der Waals surface area contributed by atoms with Crippen LogP contribution in [0.25, 0.3) is 11.6 Å². The second kappa shape index (κ2) is 9.90. The first-order valence-electron chi connectivity index (χ1n) is 12.8. The van der Waals surface area contributed by atoms with Crippen molar-refractivity contribution in [1.29, 1.82) is 0 Å². The van der Waals surface area contributed by atoms with Gasteiger partial charge >= 0.3 is 6.09 Å². The van der Waals surface area contributed by atoms with Gasteiger partial charge in [0.25, 0.3) is 0 Å². The second-order valence-electron chi connectivity index (χ2n) is 10.5. The molecule has 1 atom stereocenters. The first kappa shape index (κ1) is 24.3. The van der Waals surface area contributed by atoms with E-state index >= 15 is 0 Å². The van der Waals surface area contributed by atoms with Crippen LogP contribution in [0.2, 0.25) is 0 Å². The third-order valence-electron chi connectivity index (χ3n) is 6.85. The van der Waals surface area contributed by atoms with Crippen LogP contribution in [0.5, 0.6) is 0 Å². The average Bonchev–Trinajstić information content (AvgIpc) is 3.26. The van der Waals surface area contributed by atoms with Gasteiger partial charge in [0.2, 0.25) is 0 Å². The zero-order valence-electron chi connectivity index (χ0n) is 21.6. The van der Waals surface area contributed by atoms with Crippen molar-refractivity contribution >= 4 is 17.7 Å². The van der Waals surface area contributed by atoms with Crippen LogP contribution in [-0.4, -0.2) is 62.2 Å². The molecule has 5 rings (SSSR count). The maximum atomic E-state index is 12.7. The monoisotopic (exact) mass is 485 g/mol. The molecule has 1 unspecified atom stereocenters. The predicted molar refractivity (Wildman–Crippen MR) is 141 cm³/mol. The summed E-state index contributed by atoms with van der Waals surface area (Å²) in [6, 6.07) is 12.8. The number of nitrogens with zero attached hydrogens (tertiary/aromatic N) is 5. The molecular formula is C29H35N5O2. The molecule has 0 N–H and O–H groups in total. The standard InChI is InChI=1S/C29H35N5O2/c1-5-25-30-13-14-34(25)20-22-19-21-9-6-7-10-24(21)27(26-23(22)11-8-12-31-26)32-15-17-33(18-16-32)28(35)36-29(2,3)4/h6-14,19,27H,5,15-18,20H2,1-4H3. The van der Waals surface area contributed by atoms with E-state index in [-0.39, 0.29) is 12.1 Å². The number of pyridine rings is 1. The lowest BCUT2D eigenvalue weighted by Crippen LogP contribution is -2.51. The molecule has 3 heterocycles. The highest BCUT2D eigenvalue weighted by molar-refractivity contribution is 5.85. The van der Waals surface area contributed by atoms with Crippen molar-refractivity contribution in [2.45, 2.75) is 52.3 Å². The van der Waals surface area contributed by atoms with E-state index in [1.807, 2.05) is 44.1 Å². The second-order valence-corrected chi connectivity index (χ2v) is 10.5. The highest BCUT2D eigenvalue weighted by atomic mass is 16.6. The Hall–Kier alpha value is -3.45. The maximum absolute atomic E-state index is 12.7. The van der Waals surface area contributed by atoms with Crippen molar-refractivity contribution in [1.82, 2.24) is 24.3 Å². The van der Waals surface area contributed by atoms with Gasteiger partial charge in [-0.05, 0) is 49.6 Å². The van der Waals surface area contributed by atoms with Crippen molar-refractivity contribution in [3.8, 4) is 0 Å². The zero-order valence-corrected chi connectivity index (χ0v) is 21.6. The zero-order chi connectivity index (χ0) is 25.3. The molecule has 1 aliphatic carbocycles. The van der Waals surface area contributed by atoms with Crippen LogP contribution >= 0.6 is 0 Å². The third-order valence-corrected chi connectivity index (χ3v) is 6.85. The number of amides is 1. The summed E-state index contributed by atoms with van der Waals surface area (Å²) in [6.45, 7) is 11.4. The summed E-state index contributed by atoms with van der Waals surface area (Å²) in [7, 11) is 0. The van der Waals surface area contributed by atoms with Crippen LogP contribution in [0.1, 0.15) is 61.9 Å². The number of aromatic nitrogens is 3. The summed E-state index contributed by atoms with van der Waals surface area (Å²) in [4.78, 5) is 26.4. The molecule has 7 heteroatoms. The molecular weight excluding hydrogens is 450 g/mol. The van der Waals surface area contributed by atoms with Crippen molar-refractivity contribution in [3.05, 3.63) is 83.2 Å². The minimum atomic E-state index is -0.494. The number of hydrogen-bond donors (Lipinski definition) is 0. The van der Waals surface area contributed by atoms with Gasteiger partial charge in [-0.25, -0.2) is 9.78 Å². The van der Waals surface area contributed by atoms with E-state index in [2.05, 4.69) is 64.0 Å². The van der Waals surface area contributed by atoms with Gasteiger partial charge in [0.05, 0.1) is 11.7 Å². The number of allylic oxidation sites excluding steroid dienone is 1. The fourth-order valence-corrected chi connectivity index (χ4v) is 5.18. The molecule has 36 heavy (non-hydrogen) atoms. The molecule has 1 aliphatic heterocycles. The number of ether oxygens (including phenoxy) is 1. The molecule has 1 fully saturated rings. The Bertz CT molecular complexity index is 1260. The smallest absolute Gasteiger partial charge is 0.410 e. The largest absolute Gasteiger partial charge is 0.444 e. The molecule has 0 bridgehead atoms. The quantitative estimate of drug-likeness (QED) is 0.518. The van der Waals surface area contributed by atoms with Gasteiger partial charge in [-0.15, -0.1) is 0 Å². The summed E-state index contributed by atoms with van der Waals surface area (Å²) in [5.74, 6) is 1.08. The highest BCUT2D eigenvalue weighted by Gasteiger charge is 2.34. The minimum Gasteiger partial charge on any atom is -0.444 e.